The zero-order chi connectivity index (χ0) is 8.85. The maximum Gasteiger partial charge on any atom is 0.221 e. The lowest BCUT2D eigenvalue weighted by atomic mass is 10.0. The predicted octanol–water partition coefficient (Wildman–Crippen LogP) is 0.971. The first kappa shape index (κ1) is 14.3. The number of hydrogen-bond donors (Lipinski definition) is 2. The summed E-state index contributed by atoms with van der Waals surface area (Å²) in [6.45, 7) is 4.20. The summed E-state index contributed by atoms with van der Waals surface area (Å²) in [6, 6.07) is 0.287. The average molecular weight is 196 g/mol. The Balaban J connectivity index is -0.000000167. The van der Waals surface area contributed by atoms with Gasteiger partial charge in [0.05, 0.1) is 0 Å². The van der Waals surface area contributed by atoms with E-state index in [0.29, 0.717) is 12.3 Å². The molecule has 1 atom stereocenters. The molecule has 0 saturated heterocycles. The molecule has 0 bridgehead atoms. The van der Waals surface area contributed by atoms with Crippen LogP contribution in [0.3, 0.4) is 0 Å². The smallest absolute Gasteiger partial charge is 0.221 e. The van der Waals surface area contributed by atoms with Crippen LogP contribution in [0.15, 0.2) is 0 Å². The molecule has 0 radical (unpaired) electrons. The molecule has 78 valence electrons. The monoisotopic (exact) mass is 196 g/mol. The highest BCUT2D eigenvalue weighted by molar-refractivity contribution is 7.59. The van der Waals surface area contributed by atoms with E-state index in [9.17, 15) is 4.79 Å². The van der Waals surface area contributed by atoms with Crippen LogP contribution < -0.4 is 10.6 Å². The summed E-state index contributed by atoms with van der Waals surface area (Å²) in [5.41, 5.74) is 0. The van der Waals surface area contributed by atoms with E-state index in [-0.39, 0.29) is 28.3 Å². The summed E-state index contributed by atoms with van der Waals surface area (Å²) < 4.78 is 0. The lowest BCUT2D eigenvalue weighted by Gasteiger charge is -2.18. The number of rotatable bonds is 4. The highest BCUT2D eigenvalue weighted by Gasteiger charge is 2.13. The number of hydrogen-bond acceptors (Lipinski definition) is 2. The topological polar surface area (TPSA) is 41.1 Å². The maximum absolute atomic E-state index is 10.9. The van der Waals surface area contributed by atoms with Crippen LogP contribution in [0.2, 0.25) is 0 Å². The molecule has 0 rings (SSSR count). The summed E-state index contributed by atoms with van der Waals surface area (Å²) in [7, 11) is 3.54. The van der Waals surface area contributed by atoms with Gasteiger partial charge in [0.25, 0.3) is 0 Å². The van der Waals surface area contributed by atoms with E-state index in [1.807, 2.05) is 7.05 Å². The fraction of sp³-hybridized carbons (Fsp3) is 0.875. The van der Waals surface area contributed by atoms with E-state index in [0.717, 1.165) is 0 Å². The summed E-state index contributed by atoms with van der Waals surface area (Å²) in [6.07, 6.45) is 0.560. The second-order valence-corrected chi connectivity index (χ2v) is 3.02. The number of carbonyl (C=O) groups excluding carboxylic acids is 1. The molecule has 1 amide bonds. The van der Waals surface area contributed by atoms with Crippen molar-refractivity contribution in [2.45, 2.75) is 26.3 Å². The Bertz CT molecular complexity index is 137. The second kappa shape index (κ2) is 7.43. The lowest BCUT2D eigenvalue weighted by molar-refractivity contribution is -0.121. The van der Waals surface area contributed by atoms with Crippen LogP contribution in [0.4, 0.5) is 0 Å². The molecule has 0 aromatic heterocycles. The van der Waals surface area contributed by atoms with Crippen molar-refractivity contribution in [3.8, 4) is 0 Å². The number of amides is 1. The van der Waals surface area contributed by atoms with Gasteiger partial charge in [-0.15, -0.1) is 0 Å². The van der Waals surface area contributed by atoms with Gasteiger partial charge in [-0.2, -0.15) is 13.5 Å². The average Bonchev–Trinajstić information content (AvgIpc) is 1.99. The first-order valence-electron chi connectivity index (χ1n) is 3.99. The molecule has 0 aliphatic heterocycles. The summed E-state index contributed by atoms with van der Waals surface area (Å²) in [5, 5.41) is 5.71. The molecule has 0 spiro atoms. The summed E-state index contributed by atoms with van der Waals surface area (Å²) >= 11 is 0. The molecule has 0 aromatic carbocycles. The highest BCUT2D eigenvalue weighted by atomic mass is 32.1. The van der Waals surface area contributed by atoms with Crippen molar-refractivity contribution in [3.05, 3.63) is 0 Å². The van der Waals surface area contributed by atoms with E-state index < -0.39 is 0 Å². The van der Waals surface area contributed by atoms with E-state index in [1.165, 1.54) is 0 Å². The third-order valence-electron chi connectivity index (χ3n) is 1.86. The van der Waals surface area contributed by atoms with Crippen molar-refractivity contribution in [3.63, 3.8) is 0 Å². The molecule has 12 heavy (non-hydrogen) atoms. The van der Waals surface area contributed by atoms with Crippen LogP contribution >= 0.6 is 13.5 Å². The van der Waals surface area contributed by atoms with E-state index in [1.54, 1.807) is 7.05 Å². The number of nitrogens with one attached hydrogen (secondary N) is 2. The zero-order valence-corrected chi connectivity index (χ0v) is 9.27. The molecule has 0 fully saturated rings. The Kier molecular flexibility index (Phi) is 8.86. The van der Waals surface area contributed by atoms with Crippen LogP contribution in [-0.2, 0) is 4.79 Å². The molecule has 0 aromatic rings. The standard InChI is InChI=1S/C8H18N2O.H2S.2H2/c1-6(2)7(9-3)5-8(11)10-4;;;/h6-7,9H,5H2,1-4H3,(H,10,11);1H2;2*1H/t7-;;;/m1.../s1. The van der Waals surface area contributed by atoms with Crippen LogP contribution in [0.25, 0.3) is 0 Å². The van der Waals surface area contributed by atoms with Crippen molar-refractivity contribution >= 4 is 19.4 Å². The van der Waals surface area contributed by atoms with Gasteiger partial charge >= 0.3 is 0 Å². The normalized spacial score (nSPS) is 12.1. The molecule has 0 heterocycles. The Morgan fingerprint density at radius 1 is 1.42 bits per heavy atom. The molecule has 0 saturated carbocycles. The van der Waals surface area contributed by atoms with Gasteiger partial charge in [0, 0.05) is 22.4 Å². The predicted molar refractivity (Wildman–Crippen MR) is 61.0 cm³/mol. The van der Waals surface area contributed by atoms with Gasteiger partial charge in [0.2, 0.25) is 5.91 Å². The summed E-state index contributed by atoms with van der Waals surface area (Å²) in [4.78, 5) is 10.9. The Labute approximate surface area is 84.7 Å². The SMILES string of the molecule is CNC(=O)C[C@@H](NC)C(C)C.S.[HH].[HH]. The van der Waals surface area contributed by atoms with Gasteiger partial charge in [-0.3, -0.25) is 4.79 Å². The van der Waals surface area contributed by atoms with Crippen LogP contribution in [0.5, 0.6) is 0 Å². The molecular weight excluding hydrogens is 172 g/mol. The minimum atomic E-state index is 0. The van der Waals surface area contributed by atoms with Crippen LogP contribution in [-0.4, -0.2) is 26.0 Å². The maximum atomic E-state index is 10.9. The quantitative estimate of drug-likeness (QED) is 0.703. The second-order valence-electron chi connectivity index (χ2n) is 3.02. The summed E-state index contributed by atoms with van der Waals surface area (Å²) in [5.74, 6) is 0.593. The third-order valence-corrected chi connectivity index (χ3v) is 1.86. The Hall–Kier alpha value is -0.220. The van der Waals surface area contributed by atoms with E-state index >= 15 is 0 Å². The lowest BCUT2D eigenvalue weighted by Crippen LogP contribution is -2.36. The molecule has 4 heteroatoms. The van der Waals surface area contributed by atoms with Gasteiger partial charge in [0.15, 0.2) is 0 Å². The Morgan fingerprint density at radius 3 is 2.17 bits per heavy atom. The van der Waals surface area contributed by atoms with Gasteiger partial charge in [-0.25, -0.2) is 0 Å². The first-order chi connectivity index (χ1) is 5.11. The minimum absolute atomic E-state index is 0. The van der Waals surface area contributed by atoms with Crippen molar-refractivity contribution in [1.82, 2.24) is 10.6 Å². The molecular formula is C8H24N2OS. The van der Waals surface area contributed by atoms with Crippen molar-refractivity contribution in [2.75, 3.05) is 14.1 Å². The van der Waals surface area contributed by atoms with Gasteiger partial charge < -0.3 is 10.6 Å². The molecule has 3 nitrogen and oxygen atoms in total. The molecule has 2 N–H and O–H groups in total. The van der Waals surface area contributed by atoms with Crippen molar-refractivity contribution < 1.29 is 7.65 Å². The molecule has 0 unspecified atom stereocenters. The van der Waals surface area contributed by atoms with Gasteiger partial charge in [0.1, 0.15) is 0 Å². The largest absolute Gasteiger partial charge is 0.359 e. The third kappa shape index (κ3) is 5.43. The highest BCUT2D eigenvalue weighted by Crippen LogP contribution is 2.04. The van der Waals surface area contributed by atoms with Crippen LogP contribution in [0.1, 0.15) is 23.1 Å². The van der Waals surface area contributed by atoms with E-state index in [4.69, 9.17) is 0 Å². The van der Waals surface area contributed by atoms with Gasteiger partial charge in [-0.05, 0) is 13.0 Å². The first-order valence-corrected chi connectivity index (χ1v) is 3.99. The molecule has 0 aliphatic carbocycles. The fourth-order valence-electron chi connectivity index (χ4n) is 0.973. The van der Waals surface area contributed by atoms with E-state index in [2.05, 4.69) is 24.5 Å². The van der Waals surface area contributed by atoms with Crippen molar-refractivity contribution in [1.29, 1.82) is 0 Å². The Morgan fingerprint density at radius 2 is 1.92 bits per heavy atom. The fourth-order valence-corrected chi connectivity index (χ4v) is 0.973. The van der Waals surface area contributed by atoms with Gasteiger partial charge in [-0.1, -0.05) is 13.8 Å². The number of carbonyl (C=O) groups is 1. The zero-order valence-electron chi connectivity index (χ0n) is 8.27. The van der Waals surface area contributed by atoms with Crippen LogP contribution in [0, 0.1) is 5.92 Å². The van der Waals surface area contributed by atoms with Crippen molar-refractivity contribution in [2.24, 2.45) is 5.92 Å². The minimum Gasteiger partial charge on any atom is -0.359 e. The molecule has 0 aliphatic rings.